The Hall–Kier alpha value is -1.32. The molecule has 0 aromatic heterocycles. The third kappa shape index (κ3) is 4.47. The van der Waals surface area contributed by atoms with Crippen molar-refractivity contribution >= 4 is 11.8 Å². The molecule has 0 aromatic rings. The molecule has 1 aliphatic rings. The second kappa shape index (κ2) is 7.04. The molecule has 1 heterocycles. The van der Waals surface area contributed by atoms with E-state index in [1.165, 1.54) is 19.3 Å². The number of carbonyl (C=O) groups excluding carboxylic acids is 2. The maximum atomic E-state index is 11.3. The molecule has 0 radical (unpaired) electrons. The van der Waals surface area contributed by atoms with Crippen LogP contribution in [-0.4, -0.2) is 24.4 Å². The van der Waals surface area contributed by atoms with Crippen LogP contribution in [0.2, 0.25) is 0 Å². The highest BCUT2D eigenvalue weighted by molar-refractivity contribution is 5.92. The number of unbranched alkanes of at least 4 members (excludes halogenated alkanes) is 3. The first kappa shape index (κ1) is 12.7. The molecule has 4 nitrogen and oxygen atoms in total. The first-order chi connectivity index (χ1) is 7.74. The number of carbonyl (C=O) groups is 2. The lowest BCUT2D eigenvalue weighted by atomic mass is 10.1. The molecule has 0 spiro atoms. The van der Waals surface area contributed by atoms with Crippen molar-refractivity contribution in [2.45, 2.75) is 45.1 Å². The second-order valence-corrected chi connectivity index (χ2v) is 4.04. The van der Waals surface area contributed by atoms with Crippen LogP contribution in [0.25, 0.3) is 0 Å². The lowest BCUT2D eigenvalue weighted by molar-refractivity contribution is -0.133. The quantitative estimate of drug-likeness (QED) is 0.387. The minimum absolute atomic E-state index is 0.0772. The Balaban J connectivity index is 2.03. The monoisotopic (exact) mass is 224 g/mol. The fourth-order valence-electron chi connectivity index (χ4n) is 1.48. The Labute approximate surface area is 96.5 Å². The summed E-state index contributed by atoms with van der Waals surface area (Å²) in [6.07, 6.45) is 8.95. The smallest absolute Gasteiger partial charge is 0.244 e. The third-order valence-corrected chi connectivity index (χ3v) is 2.58. The van der Waals surface area contributed by atoms with Crippen molar-refractivity contribution in [3.8, 4) is 0 Å². The topological polar surface area (TPSA) is 58.2 Å². The van der Waals surface area contributed by atoms with E-state index in [-0.39, 0.29) is 17.9 Å². The van der Waals surface area contributed by atoms with Crippen LogP contribution in [0, 0.1) is 0 Å². The van der Waals surface area contributed by atoms with E-state index in [0.29, 0.717) is 13.0 Å². The minimum atomic E-state index is -0.305. The average Bonchev–Trinajstić information content (AvgIpc) is 2.28. The van der Waals surface area contributed by atoms with Gasteiger partial charge in [0.05, 0.1) is 0 Å². The first-order valence-electron chi connectivity index (χ1n) is 5.96. The predicted octanol–water partition coefficient (Wildman–Crippen LogP) is 1.13. The summed E-state index contributed by atoms with van der Waals surface area (Å²) in [6, 6.07) is -0.305. The van der Waals surface area contributed by atoms with Gasteiger partial charge in [-0.15, -0.1) is 0 Å². The number of nitrogens with one attached hydrogen (secondary N) is 2. The average molecular weight is 224 g/mol. The zero-order chi connectivity index (χ0) is 11.8. The van der Waals surface area contributed by atoms with Gasteiger partial charge in [-0.25, -0.2) is 0 Å². The molecule has 1 aliphatic heterocycles. The van der Waals surface area contributed by atoms with Crippen LogP contribution in [-0.2, 0) is 9.59 Å². The van der Waals surface area contributed by atoms with Gasteiger partial charge in [0.15, 0.2) is 0 Å². The Morgan fingerprint density at radius 1 is 1.50 bits per heavy atom. The molecule has 90 valence electrons. The molecule has 2 amide bonds. The van der Waals surface area contributed by atoms with Gasteiger partial charge in [0.25, 0.3) is 0 Å². The summed E-state index contributed by atoms with van der Waals surface area (Å²) >= 11 is 0. The fourth-order valence-corrected chi connectivity index (χ4v) is 1.48. The van der Waals surface area contributed by atoms with Gasteiger partial charge in [0, 0.05) is 13.0 Å². The van der Waals surface area contributed by atoms with Crippen molar-refractivity contribution in [2.24, 2.45) is 0 Å². The lowest BCUT2D eigenvalue weighted by Gasteiger charge is -2.26. The van der Waals surface area contributed by atoms with E-state index in [1.807, 2.05) is 12.2 Å². The van der Waals surface area contributed by atoms with E-state index in [1.54, 1.807) is 0 Å². The molecule has 1 fully saturated rings. The highest BCUT2D eigenvalue weighted by atomic mass is 16.2. The van der Waals surface area contributed by atoms with Gasteiger partial charge in [-0.05, 0) is 12.8 Å². The summed E-state index contributed by atoms with van der Waals surface area (Å²) in [5, 5.41) is 5.25. The molecule has 2 N–H and O–H groups in total. The molecule has 0 saturated carbocycles. The van der Waals surface area contributed by atoms with Crippen molar-refractivity contribution in [3.05, 3.63) is 12.2 Å². The van der Waals surface area contributed by atoms with Crippen molar-refractivity contribution < 1.29 is 9.59 Å². The fraction of sp³-hybridized carbons (Fsp3) is 0.667. The molecule has 4 heteroatoms. The molecule has 1 rings (SSSR count). The SMILES string of the molecule is CCCCCC=CCC(=O)N[C@H]1CNC1=O. The van der Waals surface area contributed by atoms with Crippen LogP contribution in [0.4, 0.5) is 0 Å². The maximum Gasteiger partial charge on any atom is 0.244 e. The Morgan fingerprint density at radius 3 is 2.88 bits per heavy atom. The zero-order valence-electron chi connectivity index (χ0n) is 9.79. The normalized spacial score (nSPS) is 19.3. The zero-order valence-corrected chi connectivity index (χ0v) is 9.79. The Kier molecular flexibility index (Phi) is 5.61. The Bertz CT molecular complexity index is 274. The van der Waals surface area contributed by atoms with Crippen molar-refractivity contribution in [1.82, 2.24) is 10.6 Å². The number of amides is 2. The molecule has 16 heavy (non-hydrogen) atoms. The van der Waals surface area contributed by atoms with Crippen LogP contribution in [0.3, 0.4) is 0 Å². The van der Waals surface area contributed by atoms with Crippen LogP contribution in [0.5, 0.6) is 0 Å². The Morgan fingerprint density at radius 2 is 2.31 bits per heavy atom. The summed E-state index contributed by atoms with van der Waals surface area (Å²) in [7, 11) is 0. The van der Waals surface area contributed by atoms with Crippen LogP contribution >= 0.6 is 0 Å². The van der Waals surface area contributed by atoms with Gasteiger partial charge < -0.3 is 10.6 Å². The number of β-lactam (4-membered cyclic amide) rings is 1. The van der Waals surface area contributed by atoms with E-state index in [0.717, 1.165) is 6.42 Å². The number of hydrogen-bond acceptors (Lipinski definition) is 2. The highest BCUT2D eigenvalue weighted by Gasteiger charge is 2.28. The van der Waals surface area contributed by atoms with Gasteiger partial charge >= 0.3 is 0 Å². The van der Waals surface area contributed by atoms with Gasteiger partial charge in [0.1, 0.15) is 6.04 Å². The van der Waals surface area contributed by atoms with Crippen LogP contribution in [0.15, 0.2) is 12.2 Å². The van der Waals surface area contributed by atoms with Crippen LogP contribution < -0.4 is 10.6 Å². The van der Waals surface area contributed by atoms with E-state index < -0.39 is 0 Å². The summed E-state index contributed by atoms with van der Waals surface area (Å²) < 4.78 is 0. The molecule has 0 bridgehead atoms. The second-order valence-electron chi connectivity index (χ2n) is 4.04. The maximum absolute atomic E-state index is 11.3. The number of allylic oxidation sites excluding steroid dienone is 1. The summed E-state index contributed by atoms with van der Waals surface area (Å²) in [6.45, 7) is 2.73. The number of rotatable bonds is 7. The highest BCUT2D eigenvalue weighted by Crippen LogP contribution is 2.00. The summed E-state index contributed by atoms with van der Waals surface area (Å²) in [5.41, 5.74) is 0. The third-order valence-electron chi connectivity index (χ3n) is 2.58. The minimum Gasteiger partial charge on any atom is -0.352 e. The van der Waals surface area contributed by atoms with Gasteiger partial charge in [-0.2, -0.15) is 0 Å². The molecule has 1 atom stereocenters. The van der Waals surface area contributed by atoms with E-state index in [2.05, 4.69) is 17.6 Å². The van der Waals surface area contributed by atoms with Gasteiger partial charge in [0.2, 0.25) is 11.8 Å². The van der Waals surface area contributed by atoms with Crippen LogP contribution in [0.1, 0.15) is 39.0 Å². The summed E-state index contributed by atoms with van der Waals surface area (Å²) in [5.74, 6) is -0.160. The molecule has 0 aliphatic carbocycles. The van der Waals surface area contributed by atoms with Crippen molar-refractivity contribution in [1.29, 1.82) is 0 Å². The standard InChI is InChI=1S/C12H20N2O2/c1-2-3-4-5-6-7-8-11(15)14-10-9-13-12(10)16/h6-7,10H,2-5,8-9H2,1H3,(H,13,16)(H,14,15)/t10-/m0/s1. The first-order valence-corrected chi connectivity index (χ1v) is 5.96. The largest absolute Gasteiger partial charge is 0.352 e. The molecular weight excluding hydrogens is 204 g/mol. The molecule has 0 aromatic carbocycles. The molecule has 1 saturated heterocycles. The molecular formula is C12H20N2O2. The van der Waals surface area contributed by atoms with Crippen molar-refractivity contribution in [3.63, 3.8) is 0 Å². The predicted molar refractivity (Wildman–Crippen MR) is 62.8 cm³/mol. The van der Waals surface area contributed by atoms with Gasteiger partial charge in [-0.3, -0.25) is 9.59 Å². The number of hydrogen-bond donors (Lipinski definition) is 2. The van der Waals surface area contributed by atoms with E-state index in [9.17, 15) is 9.59 Å². The summed E-state index contributed by atoms with van der Waals surface area (Å²) in [4.78, 5) is 22.2. The van der Waals surface area contributed by atoms with E-state index in [4.69, 9.17) is 0 Å². The van der Waals surface area contributed by atoms with Crippen molar-refractivity contribution in [2.75, 3.05) is 6.54 Å². The lowest BCUT2D eigenvalue weighted by Crippen LogP contribution is -2.61. The molecule has 0 unspecified atom stereocenters. The van der Waals surface area contributed by atoms with E-state index >= 15 is 0 Å². The van der Waals surface area contributed by atoms with Gasteiger partial charge in [-0.1, -0.05) is 31.9 Å².